The third-order valence-corrected chi connectivity index (χ3v) is 3.92. The van der Waals surface area contributed by atoms with Crippen molar-refractivity contribution in [1.82, 2.24) is 4.90 Å². The Kier molecular flexibility index (Phi) is 6.06. The summed E-state index contributed by atoms with van der Waals surface area (Å²) in [5.41, 5.74) is -3.94. The predicted octanol–water partition coefficient (Wildman–Crippen LogP) is 4.14. The normalized spacial score (nSPS) is 14.8. The molecule has 0 N–H and O–H groups in total. The van der Waals surface area contributed by atoms with Crippen molar-refractivity contribution in [3.8, 4) is 0 Å². The van der Waals surface area contributed by atoms with Gasteiger partial charge in [-0.2, -0.15) is 26.3 Å². The van der Waals surface area contributed by atoms with E-state index in [2.05, 4.69) is 0 Å². The topological polar surface area (TPSA) is 46.6 Å². The highest BCUT2D eigenvalue weighted by Crippen LogP contribution is 2.37. The van der Waals surface area contributed by atoms with Gasteiger partial charge in [-0.3, -0.25) is 9.59 Å². The molecular weight excluding hydrogens is 380 g/mol. The Hall–Kier alpha value is -2.26. The minimum absolute atomic E-state index is 0.0338. The van der Waals surface area contributed by atoms with Gasteiger partial charge in [0.2, 0.25) is 0 Å². The van der Waals surface area contributed by atoms with E-state index in [4.69, 9.17) is 4.74 Å². The maximum atomic E-state index is 13.0. The van der Waals surface area contributed by atoms with Crippen molar-refractivity contribution in [3.05, 3.63) is 34.9 Å². The lowest BCUT2D eigenvalue weighted by atomic mass is 10.0. The zero-order valence-corrected chi connectivity index (χ0v) is 14.3. The van der Waals surface area contributed by atoms with Crippen molar-refractivity contribution in [1.29, 1.82) is 0 Å². The van der Waals surface area contributed by atoms with Gasteiger partial charge in [-0.05, 0) is 43.9 Å². The molecule has 4 nitrogen and oxygen atoms in total. The number of alkyl halides is 6. The van der Waals surface area contributed by atoms with Crippen molar-refractivity contribution < 1.29 is 40.7 Å². The molecule has 0 aromatic heterocycles. The number of carbonyl (C=O) groups excluding carboxylic acids is 2. The van der Waals surface area contributed by atoms with Crippen LogP contribution < -0.4 is 0 Å². The lowest BCUT2D eigenvalue weighted by Crippen LogP contribution is -2.38. The van der Waals surface area contributed by atoms with Gasteiger partial charge in [0.25, 0.3) is 5.91 Å². The summed E-state index contributed by atoms with van der Waals surface area (Å²) >= 11 is 0. The SMILES string of the molecule is CCOC(=O)CN(CC1CC1)C(=O)c1cc(C(F)(F)F)cc(C(F)(F)F)c1. The van der Waals surface area contributed by atoms with Gasteiger partial charge in [0.1, 0.15) is 6.54 Å². The van der Waals surface area contributed by atoms with E-state index < -0.39 is 47.5 Å². The van der Waals surface area contributed by atoms with Crippen LogP contribution in [0.5, 0.6) is 0 Å². The van der Waals surface area contributed by atoms with Gasteiger partial charge in [0.05, 0.1) is 17.7 Å². The van der Waals surface area contributed by atoms with Gasteiger partial charge in [0, 0.05) is 12.1 Å². The second-order valence-corrected chi connectivity index (χ2v) is 6.23. The summed E-state index contributed by atoms with van der Waals surface area (Å²) < 4.78 is 82.5. The summed E-state index contributed by atoms with van der Waals surface area (Å²) in [6, 6.07) is 0.679. The lowest BCUT2D eigenvalue weighted by molar-refractivity contribution is -0.145. The van der Waals surface area contributed by atoms with E-state index >= 15 is 0 Å². The number of halogens is 6. The van der Waals surface area contributed by atoms with E-state index in [0.29, 0.717) is 12.1 Å². The van der Waals surface area contributed by atoms with E-state index in [-0.39, 0.29) is 25.1 Å². The standard InChI is InChI=1S/C17H17F6NO3/c1-2-27-14(25)9-24(8-10-3-4-10)15(26)11-5-12(16(18,19)20)7-13(6-11)17(21,22)23/h5-7,10H,2-4,8-9H2,1H3. The second-order valence-electron chi connectivity index (χ2n) is 6.23. The Morgan fingerprint density at radius 3 is 1.96 bits per heavy atom. The molecule has 1 saturated carbocycles. The molecule has 1 fully saturated rings. The van der Waals surface area contributed by atoms with E-state index in [0.717, 1.165) is 17.7 Å². The van der Waals surface area contributed by atoms with Gasteiger partial charge in [-0.15, -0.1) is 0 Å². The smallest absolute Gasteiger partial charge is 0.416 e. The van der Waals surface area contributed by atoms with Crippen molar-refractivity contribution in [2.75, 3.05) is 19.7 Å². The number of nitrogens with zero attached hydrogens (tertiary/aromatic N) is 1. The van der Waals surface area contributed by atoms with Crippen molar-refractivity contribution >= 4 is 11.9 Å². The summed E-state index contributed by atoms with van der Waals surface area (Å²) in [5.74, 6) is -1.79. The van der Waals surface area contributed by atoms with Gasteiger partial charge in [-0.1, -0.05) is 0 Å². The minimum Gasteiger partial charge on any atom is -0.465 e. The average Bonchev–Trinajstić information content (AvgIpc) is 3.35. The van der Waals surface area contributed by atoms with Crippen molar-refractivity contribution in [2.45, 2.75) is 32.1 Å². The van der Waals surface area contributed by atoms with E-state index in [9.17, 15) is 35.9 Å². The first kappa shape index (κ1) is 21.0. The highest BCUT2D eigenvalue weighted by atomic mass is 19.4. The largest absolute Gasteiger partial charge is 0.465 e. The second kappa shape index (κ2) is 7.77. The number of carbonyl (C=O) groups is 2. The fourth-order valence-electron chi connectivity index (χ4n) is 2.45. The summed E-state index contributed by atoms with van der Waals surface area (Å²) in [5, 5.41) is 0. The Morgan fingerprint density at radius 2 is 1.56 bits per heavy atom. The molecule has 2 rings (SSSR count). The van der Waals surface area contributed by atoms with Crippen LogP contribution in [0.2, 0.25) is 0 Å². The maximum absolute atomic E-state index is 13.0. The van der Waals surface area contributed by atoms with Gasteiger partial charge < -0.3 is 9.64 Å². The Labute approximate surface area is 151 Å². The summed E-state index contributed by atoms with van der Waals surface area (Å²) in [4.78, 5) is 25.2. The van der Waals surface area contributed by atoms with E-state index in [1.54, 1.807) is 0 Å². The Morgan fingerprint density at radius 1 is 1.04 bits per heavy atom. The quantitative estimate of drug-likeness (QED) is 0.536. The number of amides is 1. The molecule has 150 valence electrons. The van der Waals surface area contributed by atoms with Crippen LogP contribution in [-0.2, 0) is 21.9 Å². The summed E-state index contributed by atoms with van der Waals surface area (Å²) in [6.45, 7) is 1.09. The number of hydrogen-bond donors (Lipinski definition) is 0. The molecule has 1 amide bonds. The van der Waals surface area contributed by atoms with Crippen LogP contribution in [-0.4, -0.2) is 36.5 Å². The van der Waals surface area contributed by atoms with Crippen LogP contribution in [0.1, 0.15) is 41.3 Å². The number of esters is 1. The molecule has 1 aliphatic rings. The number of ether oxygens (including phenoxy) is 1. The first-order valence-corrected chi connectivity index (χ1v) is 8.16. The molecule has 0 aliphatic heterocycles. The molecule has 27 heavy (non-hydrogen) atoms. The highest BCUT2D eigenvalue weighted by Gasteiger charge is 2.38. The van der Waals surface area contributed by atoms with Crippen LogP contribution in [0.4, 0.5) is 26.3 Å². The van der Waals surface area contributed by atoms with E-state index in [1.807, 2.05) is 0 Å². The molecule has 0 radical (unpaired) electrons. The summed E-state index contributed by atoms with van der Waals surface area (Å²) in [7, 11) is 0. The number of benzene rings is 1. The number of rotatable bonds is 6. The minimum atomic E-state index is -5.06. The zero-order valence-electron chi connectivity index (χ0n) is 14.3. The fraction of sp³-hybridized carbons (Fsp3) is 0.529. The molecule has 0 atom stereocenters. The van der Waals surface area contributed by atoms with E-state index in [1.165, 1.54) is 6.92 Å². The highest BCUT2D eigenvalue weighted by molar-refractivity contribution is 5.96. The Balaban J connectivity index is 2.39. The van der Waals surface area contributed by atoms with Crippen LogP contribution in [0, 0.1) is 5.92 Å². The Bertz CT molecular complexity index is 677. The van der Waals surface area contributed by atoms with Crippen LogP contribution in [0.15, 0.2) is 18.2 Å². The molecule has 0 unspecified atom stereocenters. The van der Waals surface area contributed by atoms with Crippen LogP contribution >= 0.6 is 0 Å². The molecule has 0 saturated heterocycles. The third-order valence-electron chi connectivity index (χ3n) is 3.92. The average molecular weight is 397 g/mol. The lowest BCUT2D eigenvalue weighted by Gasteiger charge is -2.23. The zero-order chi connectivity index (χ0) is 20.4. The molecule has 1 aliphatic carbocycles. The predicted molar refractivity (Wildman–Crippen MR) is 81.7 cm³/mol. The van der Waals surface area contributed by atoms with Gasteiger partial charge in [-0.25, -0.2) is 0 Å². The van der Waals surface area contributed by atoms with Gasteiger partial charge >= 0.3 is 18.3 Å². The number of hydrogen-bond acceptors (Lipinski definition) is 3. The first-order valence-electron chi connectivity index (χ1n) is 8.16. The van der Waals surface area contributed by atoms with Crippen molar-refractivity contribution in [3.63, 3.8) is 0 Å². The first-order chi connectivity index (χ1) is 12.4. The maximum Gasteiger partial charge on any atom is 0.416 e. The molecule has 1 aromatic rings. The molecule has 10 heteroatoms. The summed E-state index contributed by atoms with van der Waals surface area (Å²) in [6.07, 6.45) is -8.58. The van der Waals surface area contributed by atoms with Crippen LogP contribution in [0.3, 0.4) is 0 Å². The molecule has 0 bridgehead atoms. The monoisotopic (exact) mass is 397 g/mol. The molecule has 0 spiro atoms. The van der Waals surface area contributed by atoms with Crippen molar-refractivity contribution in [2.24, 2.45) is 5.92 Å². The van der Waals surface area contributed by atoms with Crippen LogP contribution in [0.25, 0.3) is 0 Å². The third kappa shape index (κ3) is 5.86. The molecular formula is C17H17F6NO3. The fourth-order valence-corrected chi connectivity index (χ4v) is 2.45. The van der Waals surface area contributed by atoms with Gasteiger partial charge in [0.15, 0.2) is 0 Å². The molecule has 0 heterocycles. The molecule has 1 aromatic carbocycles.